The molecule has 2 atom stereocenters. The van der Waals surface area contributed by atoms with E-state index in [1.54, 1.807) is 4.90 Å². The number of carbonyl (C=O) groups is 1. The average Bonchev–Trinajstić information content (AvgIpc) is 2.57. The van der Waals surface area contributed by atoms with Gasteiger partial charge in [0.2, 0.25) is 0 Å². The fourth-order valence-electron chi connectivity index (χ4n) is 3.65. The van der Waals surface area contributed by atoms with Crippen molar-refractivity contribution in [3.8, 4) is 0 Å². The fraction of sp³-hybridized carbons (Fsp3) is 0.933. The predicted molar refractivity (Wildman–Crippen MR) is 74.5 cm³/mol. The van der Waals surface area contributed by atoms with Crippen LogP contribution >= 0.6 is 0 Å². The van der Waals surface area contributed by atoms with Crippen LogP contribution in [-0.4, -0.2) is 42.0 Å². The smallest absolute Gasteiger partial charge is 0.319 e. The van der Waals surface area contributed by atoms with Crippen molar-refractivity contribution in [2.45, 2.75) is 65.0 Å². The molecule has 0 radical (unpaired) electrons. The maximum atomic E-state index is 12.2. The van der Waals surface area contributed by atoms with E-state index in [1.165, 1.54) is 32.1 Å². The summed E-state index contributed by atoms with van der Waals surface area (Å²) in [6, 6.07) is 1.21. The number of rotatable bonds is 2. The zero-order chi connectivity index (χ0) is 13.5. The second-order valence-corrected chi connectivity index (χ2v) is 6.98. The third-order valence-corrected chi connectivity index (χ3v) is 5.35. The van der Waals surface area contributed by atoms with Gasteiger partial charge in [-0.05, 0) is 37.0 Å². The summed E-state index contributed by atoms with van der Waals surface area (Å²) in [4.78, 5) is 16.1. The van der Waals surface area contributed by atoms with Gasteiger partial charge in [-0.1, -0.05) is 27.2 Å². The number of urea groups is 1. The highest BCUT2D eigenvalue weighted by Crippen LogP contribution is 2.46. The van der Waals surface area contributed by atoms with Crippen molar-refractivity contribution in [1.82, 2.24) is 9.80 Å². The molecule has 2 amide bonds. The Morgan fingerprint density at radius 3 is 2.11 bits per heavy atom. The highest BCUT2D eigenvalue weighted by Gasteiger charge is 2.46. The zero-order valence-corrected chi connectivity index (χ0v) is 12.6. The van der Waals surface area contributed by atoms with Crippen molar-refractivity contribution in [2.75, 3.05) is 14.1 Å². The summed E-state index contributed by atoms with van der Waals surface area (Å²) in [5, 5.41) is 0. The normalized spacial score (nSPS) is 31.6. The van der Waals surface area contributed by atoms with Gasteiger partial charge in [-0.2, -0.15) is 0 Å². The van der Waals surface area contributed by atoms with Crippen LogP contribution in [0.5, 0.6) is 0 Å². The molecular formula is C15H28N2O. The highest BCUT2D eigenvalue weighted by molar-refractivity contribution is 5.75. The Bertz CT molecular complexity index is 310. The van der Waals surface area contributed by atoms with Gasteiger partial charge < -0.3 is 9.80 Å². The fourth-order valence-corrected chi connectivity index (χ4v) is 3.65. The molecule has 0 aliphatic carbocycles. The molecule has 3 heteroatoms. The van der Waals surface area contributed by atoms with E-state index in [0.717, 1.165) is 5.92 Å². The maximum Gasteiger partial charge on any atom is 0.319 e. The number of nitrogens with zero attached hydrogens (tertiary/aromatic N) is 2. The van der Waals surface area contributed by atoms with Gasteiger partial charge in [-0.3, -0.25) is 0 Å². The Morgan fingerprint density at radius 2 is 1.72 bits per heavy atom. The molecule has 2 aliphatic rings. The lowest BCUT2D eigenvalue weighted by atomic mass is 9.70. The summed E-state index contributed by atoms with van der Waals surface area (Å²) in [5.74, 6) is 0.784. The SMILES string of the molecule is CCC(C)(C)C1CC2CCC(C1)N2C(=O)N(C)C. The topological polar surface area (TPSA) is 23.6 Å². The molecule has 18 heavy (non-hydrogen) atoms. The van der Waals surface area contributed by atoms with Gasteiger partial charge in [0.15, 0.2) is 0 Å². The van der Waals surface area contributed by atoms with Gasteiger partial charge in [0.25, 0.3) is 0 Å². The quantitative estimate of drug-likeness (QED) is 0.739. The van der Waals surface area contributed by atoms with E-state index in [2.05, 4.69) is 25.7 Å². The third kappa shape index (κ3) is 2.24. The molecule has 2 rings (SSSR count). The van der Waals surface area contributed by atoms with Crippen molar-refractivity contribution in [2.24, 2.45) is 11.3 Å². The van der Waals surface area contributed by atoms with Gasteiger partial charge in [0.05, 0.1) is 0 Å². The van der Waals surface area contributed by atoms with Crippen molar-refractivity contribution in [3.05, 3.63) is 0 Å². The van der Waals surface area contributed by atoms with Crippen molar-refractivity contribution in [3.63, 3.8) is 0 Å². The molecule has 2 unspecified atom stereocenters. The largest absolute Gasteiger partial charge is 0.331 e. The van der Waals surface area contributed by atoms with Gasteiger partial charge in [-0.25, -0.2) is 4.79 Å². The molecule has 0 aromatic carbocycles. The highest BCUT2D eigenvalue weighted by atomic mass is 16.2. The number of hydrogen-bond donors (Lipinski definition) is 0. The Hall–Kier alpha value is -0.730. The summed E-state index contributed by atoms with van der Waals surface area (Å²) in [5.41, 5.74) is 0.425. The minimum Gasteiger partial charge on any atom is -0.331 e. The monoisotopic (exact) mass is 252 g/mol. The molecule has 0 aromatic rings. The van der Waals surface area contributed by atoms with E-state index in [4.69, 9.17) is 0 Å². The van der Waals surface area contributed by atoms with Gasteiger partial charge in [-0.15, -0.1) is 0 Å². The second-order valence-electron chi connectivity index (χ2n) is 6.98. The molecular weight excluding hydrogens is 224 g/mol. The van der Waals surface area contributed by atoms with Gasteiger partial charge in [0, 0.05) is 26.2 Å². The van der Waals surface area contributed by atoms with E-state index in [-0.39, 0.29) is 6.03 Å². The Morgan fingerprint density at radius 1 is 1.22 bits per heavy atom. The molecule has 2 saturated heterocycles. The summed E-state index contributed by atoms with van der Waals surface area (Å²) in [6.45, 7) is 7.07. The lowest BCUT2D eigenvalue weighted by molar-refractivity contribution is 0.0562. The lowest BCUT2D eigenvalue weighted by Crippen LogP contribution is -2.52. The van der Waals surface area contributed by atoms with Crippen LogP contribution in [0, 0.1) is 11.3 Å². The summed E-state index contributed by atoms with van der Waals surface area (Å²) in [7, 11) is 3.73. The first kappa shape index (κ1) is 13.7. The van der Waals surface area contributed by atoms with Gasteiger partial charge >= 0.3 is 6.03 Å². The third-order valence-electron chi connectivity index (χ3n) is 5.35. The molecule has 2 fully saturated rings. The van der Waals surface area contributed by atoms with Crippen LogP contribution in [-0.2, 0) is 0 Å². The van der Waals surface area contributed by atoms with Crippen LogP contribution in [0.1, 0.15) is 52.9 Å². The minimum atomic E-state index is 0.218. The van der Waals surface area contributed by atoms with E-state index in [0.29, 0.717) is 17.5 Å². The Labute approximate surface area is 112 Å². The predicted octanol–water partition coefficient (Wildman–Crippen LogP) is 3.35. The maximum absolute atomic E-state index is 12.2. The number of fused-ring (bicyclic) bond motifs is 2. The summed E-state index contributed by atoms with van der Waals surface area (Å²) in [6.07, 6.45) is 6.06. The molecule has 104 valence electrons. The first-order valence-corrected chi connectivity index (χ1v) is 7.36. The molecule has 0 aromatic heterocycles. The van der Waals surface area contributed by atoms with E-state index in [9.17, 15) is 4.79 Å². The van der Waals surface area contributed by atoms with Gasteiger partial charge in [0.1, 0.15) is 0 Å². The number of piperidine rings is 1. The standard InChI is InChI=1S/C15H28N2O/c1-6-15(2,3)11-9-12-7-8-13(10-11)17(12)14(18)16(4)5/h11-13H,6-10H2,1-5H3. The molecule has 2 bridgehead atoms. The van der Waals surface area contributed by atoms with E-state index < -0.39 is 0 Å². The molecule has 0 spiro atoms. The number of carbonyl (C=O) groups excluding carboxylic acids is 1. The first-order chi connectivity index (χ1) is 8.36. The zero-order valence-electron chi connectivity index (χ0n) is 12.6. The van der Waals surface area contributed by atoms with Crippen LogP contribution in [0.25, 0.3) is 0 Å². The summed E-state index contributed by atoms with van der Waals surface area (Å²) < 4.78 is 0. The van der Waals surface area contributed by atoms with E-state index in [1.807, 2.05) is 14.1 Å². The average molecular weight is 252 g/mol. The second kappa shape index (κ2) is 4.75. The van der Waals surface area contributed by atoms with Crippen molar-refractivity contribution in [1.29, 1.82) is 0 Å². The Kier molecular flexibility index (Phi) is 3.61. The van der Waals surface area contributed by atoms with Crippen LogP contribution in [0.3, 0.4) is 0 Å². The molecule has 2 heterocycles. The van der Waals surface area contributed by atoms with Crippen LogP contribution in [0.15, 0.2) is 0 Å². The summed E-state index contributed by atoms with van der Waals surface area (Å²) >= 11 is 0. The first-order valence-electron chi connectivity index (χ1n) is 7.36. The minimum absolute atomic E-state index is 0.218. The number of hydrogen-bond acceptors (Lipinski definition) is 1. The number of amides is 2. The molecule has 2 aliphatic heterocycles. The molecule has 3 nitrogen and oxygen atoms in total. The van der Waals surface area contributed by atoms with Crippen molar-refractivity contribution >= 4 is 6.03 Å². The van der Waals surface area contributed by atoms with Crippen LogP contribution < -0.4 is 0 Å². The Balaban J connectivity index is 2.10. The van der Waals surface area contributed by atoms with Crippen LogP contribution in [0.2, 0.25) is 0 Å². The molecule has 0 saturated carbocycles. The van der Waals surface area contributed by atoms with Crippen LogP contribution in [0.4, 0.5) is 4.79 Å². The van der Waals surface area contributed by atoms with Crippen molar-refractivity contribution < 1.29 is 4.79 Å². The lowest BCUT2D eigenvalue weighted by Gasteiger charge is -2.45. The molecule has 0 N–H and O–H groups in total. The van der Waals surface area contributed by atoms with E-state index >= 15 is 0 Å².